The fourth-order valence-electron chi connectivity index (χ4n) is 3.19. The zero-order valence-corrected chi connectivity index (χ0v) is 15.8. The predicted octanol–water partition coefficient (Wildman–Crippen LogP) is 5.56. The van der Waals surface area contributed by atoms with Crippen LogP contribution >= 0.6 is 23.4 Å². The van der Waals surface area contributed by atoms with Crippen LogP contribution in [0.1, 0.15) is 48.9 Å². The molecule has 25 heavy (non-hydrogen) atoms. The van der Waals surface area contributed by atoms with Gasteiger partial charge in [0, 0.05) is 10.6 Å². The first-order valence-corrected chi connectivity index (χ1v) is 10.2. The van der Waals surface area contributed by atoms with Crippen LogP contribution in [-0.4, -0.2) is 22.3 Å². The van der Waals surface area contributed by atoms with Crippen molar-refractivity contribution < 1.29 is 9.13 Å². The molecule has 0 amide bonds. The molecule has 2 aromatic rings. The van der Waals surface area contributed by atoms with Crippen LogP contribution < -0.4 is 0 Å². The zero-order chi connectivity index (χ0) is 17.6. The molecular formula is C19H22ClFN2OS. The van der Waals surface area contributed by atoms with Gasteiger partial charge in [0.05, 0.1) is 12.2 Å². The number of aromatic nitrogens is 2. The topological polar surface area (TPSA) is 35.0 Å². The van der Waals surface area contributed by atoms with E-state index < -0.39 is 6.67 Å². The zero-order valence-electron chi connectivity index (χ0n) is 14.3. The Morgan fingerprint density at radius 3 is 2.76 bits per heavy atom. The van der Waals surface area contributed by atoms with Gasteiger partial charge in [-0.15, -0.1) is 11.8 Å². The van der Waals surface area contributed by atoms with Crippen molar-refractivity contribution in [2.24, 2.45) is 0 Å². The van der Waals surface area contributed by atoms with Gasteiger partial charge in [-0.05, 0) is 62.1 Å². The largest absolute Gasteiger partial charge is 0.370 e. The first-order valence-electron chi connectivity index (χ1n) is 8.55. The van der Waals surface area contributed by atoms with E-state index in [1.165, 1.54) is 10.5 Å². The Morgan fingerprint density at radius 1 is 1.24 bits per heavy atom. The second-order valence-electron chi connectivity index (χ2n) is 6.22. The van der Waals surface area contributed by atoms with E-state index in [0.717, 1.165) is 37.8 Å². The molecule has 0 N–H and O–H groups in total. The molecule has 134 valence electrons. The predicted molar refractivity (Wildman–Crippen MR) is 99.9 cm³/mol. The minimum Gasteiger partial charge on any atom is -0.370 e. The molecule has 1 aromatic heterocycles. The summed E-state index contributed by atoms with van der Waals surface area (Å²) >= 11 is 7.67. The van der Waals surface area contributed by atoms with E-state index in [1.54, 1.807) is 17.8 Å². The summed E-state index contributed by atoms with van der Waals surface area (Å²) in [6.07, 6.45) is 7.27. The lowest BCUT2D eigenvalue weighted by Gasteiger charge is -2.30. The molecule has 1 aromatic carbocycles. The average molecular weight is 381 g/mol. The minimum atomic E-state index is -0.693. The summed E-state index contributed by atoms with van der Waals surface area (Å²) in [6.45, 7) is -0.693. The maximum atomic E-state index is 12.8. The molecular weight excluding hydrogens is 359 g/mol. The summed E-state index contributed by atoms with van der Waals surface area (Å²) in [5, 5.41) is 0.300. The van der Waals surface area contributed by atoms with Crippen molar-refractivity contribution in [3.63, 3.8) is 0 Å². The first-order chi connectivity index (χ1) is 12.2. The third-order valence-corrected chi connectivity index (χ3v) is 5.41. The molecule has 1 aliphatic heterocycles. The molecule has 3 rings (SSSR count). The molecule has 1 fully saturated rings. The Kier molecular flexibility index (Phi) is 6.68. The van der Waals surface area contributed by atoms with Gasteiger partial charge in [0.1, 0.15) is 11.8 Å². The van der Waals surface area contributed by atoms with Gasteiger partial charge in [0.2, 0.25) is 0 Å². The highest BCUT2D eigenvalue weighted by Gasteiger charge is 2.23. The Hall–Kier alpha value is -1.17. The number of aryl methyl sites for hydroxylation is 1. The third kappa shape index (κ3) is 5.16. The number of rotatable bonds is 6. The second kappa shape index (κ2) is 8.97. The van der Waals surface area contributed by atoms with E-state index in [0.29, 0.717) is 5.15 Å². The van der Waals surface area contributed by atoms with Crippen LogP contribution in [0.3, 0.4) is 0 Å². The van der Waals surface area contributed by atoms with Gasteiger partial charge in [-0.2, -0.15) is 0 Å². The molecule has 0 aliphatic carbocycles. The van der Waals surface area contributed by atoms with Gasteiger partial charge >= 0.3 is 0 Å². The van der Waals surface area contributed by atoms with E-state index >= 15 is 0 Å². The summed E-state index contributed by atoms with van der Waals surface area (Å²) < 4.78 is 19.1. The molecule has 1 saturated heterocycles. The third-order valence-electron chi connectivity index (χ3n) is 4.47. The molecule has 2 atom stereocenters. The average Bonchev–Trinajstić information content (AvgIpc) is 2.66. The van der Waals surface area contributed by atoms with E-state index in [9.17, 15) is 4.39 Å². The molecule has 0 radical (unpaired) electrons. The summed E-state index contributed by atoms with van der Waals surface area (Å²) in [6, 6.07) is 10.3. The van der Waals surface area contributed by atoms with Crippen LogP contribution in [0.2, 0.25) is 5.15 Å². The summed E-state index contributed by atoms with van der Waals surface area (Å²) in [5.74, 6) is 0.152. The lowest BCUT2D eigenvalue weighted by molar-refractivity contribution is -0.0547. The van der Waals surface area contributed by atoms with Gasteiger partial charge in [-0.25, -0.2) is 14.4 Å². The number of thioether (sulfide) groups is 1. The number of nitrogens with zero attached hydrogens (tertiary/aromatic N) is 2. The van der Waals surface area contributed by atoms with Crippen molar-refractivity contribution in [3.8, 4) is 0 Å². The molecule has 0 bridgehead atoms. The highest BCUT2D eigenvalue weighted by molar-refractivity contribution is 7.98. The fraction of sp³-hybridized carbons (Fsp3) is 0.474. The highest BCUT2D eigenvalue weighted by atomic mass is 35.5. The van der Waals surface area contributed by atoms with Crippen molar-refractivity contribution in [1.29, 1.82) is 0 Å². The lowest BCUT2D eigenvalue weighted by atomic mass is 9.96. The molecule has 0 spiro atoms. The Balaban J connectivity index is 1.59. The molecule has 3 nitrogen and oxygen atoms in total. The summed E-state index contributed by atoms with van der Waals surface area (Å²) in [7, 11) is 0. The van der Waals surface area contributed by atoms with Crippen LogP contribution in [0, 0.1) is 0 Å². The van der Waals surface area contributed by atoms with Crippen LogP contribution in [0.25, 0.3) is 0 Å². The Bertz CT molecular complexity index is 698. The van der Waals surface area contributed by atoms with Gasteiger partial charge in [-0.3, -0.25) is 0 Å². The van der Waals surface area contributed by atoms with Gasteiger partial charge in [0.15, 0.2) is 5.82 Å². The maximum Gasteiger partial charge on any atom is 0.161 e. The van der Waals surface area contributed by atoms with Crippen molar-refractivity contribution in [2.75, 3.05) is 6.26 Å². The van der Waals surface area contributed by atoms with Gasteiger partial charge < -0.3 is 4.74 Å². The van der Waals surface area contributed by atoms with Crippen LogP contribution in [-0.2, 0) is 17.8 Å². The number of hydrogen-bond donors (Lipinski definition) is 0. The molecule has 1 aliphatic rings. The Morgan fingerprint density at radius 2 is 2.04 bits per heavy atom. The monoisotopic (exact) mass is 380 g/mol. The van der Waals surface area contributed by atoms with E-state index in [2.05, 4.69) is 40.5 Å². The van der Waals surface area contributed by atoms with Crippen LogP contribution in [0.4, 0.5) is 4.39 Å². The first kappa shape index (κ1) is 18.6. The number of ether oxygens (including phenoxy) is 1. The molecule has 0 unspecified atom stereocenters. The molecule has 0 saturated carbocycles. The van der Waals surface area contributed by atoms with Crippen molar-refractivity contribution in [1.82, 2.24) is 9.97 Å². The number of halogens is 2. The minimum absolute atomic E-state index is 0.152. The normalized spacial score (nSPS) is 20.6. The van der Waals surface area contributed by atoms with Crippen LogP contribution in [0.15, 0.2) is 35.2 Å². The summed E-state index contributed by atoms with van der Waals surface area (Å²) in [4.78, 5) is 9.33. The molecule has 6 heteroatoms. The van der Waals surface area contributed by atoms with E-state index in [-0.39, 0.29) is 18.0 Å². The highest BCUT2D eigenvalue weighted by Crippen LogP contribution is 2.33. The number of hydrogen-bond acceptors (Lipinski definition) is 4. The quantitative estimate of drug-likeness (QED) is 0.485. The second-order valence-corrected chi connectivity index (χ2v) is 7.49. The van der Waals surface area contributed by atoms with Crippen LogP contribution in [0.5, 0.6) is 0 Å². The molecule has 2 heterocycles. The number of alkyl halides is 1. The van der Waals surface area contributed by atoms with Crippen molar-refractivity contribution in [2.45, 2.75) is 55.9 Å². The smallest absolute Gasteiger partial charge is 0.161 e. The standard InChI is InChI=1S/C19H22ClFN2OS/c1-25-16-9-5-13(6-10-16)17-4-2-3-15(24-17)8-7-14-11-18(20)23-19(12-21)22-14/h5-6,9-11,15,17H,2-4,7-8,12H2,1H3/t15-,17+/m1/s1. The number of benzene rings is 1. The Labute approximate surface area is 157 Å². The van der Waals surface area contributed by atoms with E-state index in [4.69, 9.17) is 16.3 Å². The van der Waals surface area contributed by atoms with Gasteiger partial charge in [-0.1, -0.05) is 23.7 Å². The maximum absolute atomic E-state index is 12.8. The lowest BCUT2D eigenvalue weighted by Crippen LogP contribution is -2.23. The van der Waals surface area contributed by atoms with Crippen molar-refractivity contribution in [3.05, 3.63) is 52.6 Å². The fourth-order valence-corrected chi connectivity index (χ4v) is 3.82. The van der Waals surface area contributed by atoms with E-state index in [1.807, 2.05) is 0 Å². The SMILES string of the molecule is CSc1ccc([C@@H]2CCC[C@H](CCc3cc(Cl)nc(CF)n3)O2)cc1. The van der Waals surface area contributed by atoms with Crippen molar-refractivity contribution >= 4 is 23.4 Å². The van der Waals surface area contributed by atoms with Gasteiger partial charge in [0.25, 0.3) is 0 Å². The summed E-state index contributed by atoms with van der Waals surface area (Å²) in [5.41, 5.74) is 2.02.